The zero-order valence-electron chi connectivity index (χ0n) is 17.5. The lowest BCUT2D eigenvalue weighted by Gasteiger charge is -2.26. The number of aryl methyl sites for hydroxylation is 1. The number of rotatable bonds is 7. The molecule has 0 N–H and O–H groups in total. The van der Waals surface area contributed by atoms with Crippen LogP contribution in [0.5, 0.6) is 0 Å². The van der Waals surface area contributed by atoms with Crippen molar-refractivity contribution in [3.05, 3.63) is 75.9 Å². The Labute approximate surface area is 187 Å². The molecule has 4 rings (SSSR count). The van der Waals surface area contributed by atoms with E-state index in [-0.39, 0.29) is 10.8 Å². The third kappa shape index (κ3) is 4.92. The van der Waals surface area contributed by atoms with Gasteiger partial charge in [-0.25, -0.2) is 8.42 Å². The van der Waals surface area contributed by atoms with Gasteiger partial charge in [0.2, 0.25) is 10.0 Å². The number of furan rings is 1. The molecule has 0 atom stereocenters. The minimum Gasteiger partial charge on any atom is -0.467 e. The van der Waals surface area contributed by atoms with E-state index in [0.717, 1.165) is 29.7 Å². The molecule has 1 aliphatic heterocycles. The van der Waals surface area contributed by atoms with Gasteiger partial charge in [-0.05, 0) is 61.0 Å². The van der Waals surface area contributed by atoms with E-state index in [1.807, 2.05) is 30.5 Å². The predicted octanol–water partition coefficient (Wildman–Crippen LogP) is 4.67. The number of benzene rings is 1. The molecule has 1 aromatic carbocycles. The van der Waals surface area contributed by atoms with Crippen molar-refractivity contribution in [1.29, 1.82) is 0 Å². The Morgan fingerprint density at radius 3 is 2.58 bits per heavy atom. The Bertz CT molecular complexity index is 1080. The van der Waals surface area contributed by atoms with Gasteiger partial charge in [0.15, 0.2) is 0 Å². The average molecular weight is 459 g/mol. The smallest absolute Gasteiger partial charge is 0.254 e. The molecule has 6 nitrogen and oxygen atoms in total. The number of piperidine rings is 1. The minimum absolute atomic E-state index is 0.178. The highest BCUT2D eigenvalue weighted by molar-refractivity contribution is 7.89. The highest BCUT2D eigenvalue weighted by Crippen LogP contribution is 2.25. The number of amides is 1. The molecule has 1 saturated heterocycles. The molecule has 0 bridgehead atoms. The molecular formula is C23H26N2O4S2. The van der Waals surface area contributed by atoms with Crippen LogP contribution in [-0.4, -0.2) is 36.6 Å². The number of carbonyl (C=O) groups excluding carboxylic acids is 1. The Morgan fingerprint density at radius 2 is 1.90 bits per heavy atom. The standard InChI is InChI=1S/C23H26N2O4S2/c1-18-9-10-21(31(27,28)25-11-3-2-4-12-25)15-22(18)23(26)24(16-19-7-5-13-29-19)17-20-8-6-14-30-20/h5-10,13-15H,2-4,11-12,16-17H2,1H3. The molecule has 0 saturated carbocycles. The lowest BCUT2D eigenvalue weighted by Crippen LogP contribution is -2.36. The van der Waals surface area contributed by atoms with E-state index in [1.165, 1.54) is 10.4 Å². The van der Waals surface area contributed by atoms with Gasteiger partial charge in [0, 0.05) is 23.5 Å². The van der Waals surface area contributed by atoms with Crippen molar-refractivity contribution in [2.75, 3.05) is 13.1 Å². The maximum absolute atomic E-state index is 13.6. The van der Waals surface area contributed by atoms with E-state index in [9.17, 15) is 13.2 Å². The summed E-state index contributed by atoms with van der Waals surface area (Å²) < 4.78 is 33.3. The summed E-state index contributed by atoms with van der Waals surface area (Å²) in [5.74, 6) is 0.470. The molecule has 0 spiro atoms. The molecule has 8 heteroatoms. The predicted molar refractivity (Wildman–Crippen MR) is 120 cm³/mol. The number of carbonyl (C=O) groups is 1. The van der Waals surface area contributed by atoms with Crippen molar-refractivity contribution < 1.29 is 17.6 Å². The summed E-state index contributed by atoms with van der Waals surface area (Å²) in [6.07, 6.45) is 4.37. The molecule has 1 amide bonds. The van der Waals surface area contributed by atoms with Gasteiger partial charge < -0.3 is 9.32 Å². The largest absolute Gasteiger partial charge is 0.467 e. The summed E-state index contributed by atoms with van der Waals surface area (Å²) in [6.45, 7) is 3.64. The van der Waals surface area contributed by atoms with E-state index >= 15 is 0 Å². The van der Waals surface area contributed by atoms with Gasteiger partial charge in [-0.1, -0.05) is 18.6 Å². The first-order valence-electron chi connectivity index (χ1n) is 10.4. The lowest BCUT2D eigenvalue weighted by molar-refractivity contribution is 0.0718. The molecule has 0 unspecified atom stereocenters. The third-order valence-corrected chi connectivity index (χ3v) is 8.29. The Morgan fingerprint density at radius 1 is 1.10 bits per heavy atom. The summed E-state index contributed by atoms with van der Waals surface area (Å²) in [7, 11) is -3.61. The fourth-order valence-electron chi connectivity index (χ4n) is 3.80. The van der Waals surface area contributed by atoms with E-state index < -0.39 is 10.0 Å². The van der Waals surface area contributed by atoms with Crippen LogP contribution in [0.4, 0.5) is 0 Å². The summed E-state index contributed by atoms with van der Waals surface area (Å²) >= 11 is 1.58. The molecule has 2 aromatic heterocycles. The SMILES string of the molecule is Cc1ccc(S(=O)(=O)N2CCCCC2)cc1C(=O)N(Cc1ccco1)Cc1cccs1. The fraction of sp³-hybridized carbons (Fsp3) is 0.348. The monoisotopic (exact) mass is 458 g/mol. The van der Waals surface area contributed by atoms with E-state index in [0.29, 0.717) is 37.5 Å². The van der Waals surface area contributed by atoms with Gasteiger partial charge in [-0.15, -0.1) is 11.3 Å². The molecule has 3 aromatic rings. The van der Waals surface area contributed by atoms with Crippen molar-refractivity contribution in [3.8, 4) is 0 Å². The summed E-state index contributed by atoms with van der Waals surface area (Å²) in [5.41, 5.74) is 1.15. The second-order valence-electron chi connectivity index (χ2n) is 7.76. The second-order valence-corrected chi connectivity index (χ2v) is 10.7. The Hall–Kier alpha value is -2.42. The van der Waals surface area contributed by atoms with E-state index in [4.69, 9.17) is 4.42 Å². The van der Waals surface area contributed by atoms with Crippen LogP contribution in [0.25, 0.3) is 0 Å². The van der Waals surface area contributed by atoms with Gasteiger partial charge in [-0.2, -0.15) is 4.31 Å². The lowest BCUT2D eigenvalue weighted by atomic mass is 10.1. The first-order chi connectivity index (χ1) is 14.9. The maximum atomic E-state index is 13.6. The molecule has 3 heterocycles. The average Bonchev–Trinajstić information content (AvgIpc) is 3.48. The van der Waals surface area contributed by atoms with Crippen LogP contribution in [0.1, 0.15) is 45.8 Å². The van der Waals surface area contributed by atoms with Gasteiger partial charge in [0.25, 0.3) is 5.91 Å². The highest BCUT2D eigenvalue weighted by atomic mass is 32.2. The molecular weight excluding hydrogens is 432 g/mol. The number of hydrogen-bond acceptors (Lipinski definition) is 5. The van der Waals surface area contributed by atoms with Gasteiger partial charge in [-0.3, -0.25) is 4.79 Å². The van der Waals surface area contributed by atoms with E-state index in [1.54, 1.807) is 40.7 Å². The quantitative estimate of drug-likeness (QED) is 0.516. The van der Waals surface area contributed by atoms with Gasteiger partial charge >= 0.3 is 0 Å². The van der Waals surface area contributed by atoms with Crippen molar-refractivity contribution in [1.82, 2.24) is 9.21 Å². The highest BCUT2D eigenvalue weighted by Gasteiger charge is 2.28. The fourth-order valence-corrected chi connectivity index (χ4v) is 6.06. The van der Waals surface area contributed by atoms with Crippen LogP contribution in [0.2, 0.25) is 0 Å². The first-order valence-corrected chi connectivity index (χ1v) is 12.7. The van der Waals surface area contributed by atoms with Crippen molar-refractivity contribution in [2.24, 2.45) is 0 Å². The Balaban J connectivity index is 1.65. The summed E-state index contributed by atoms with van der Waals surface area (Å²) in [6, 6.07) is 12.4. The molecule has 0 aliphatic carbocycles. The number of sulfonamides is 1. The first kappa shape index (κ1) is 21.8. The molecule has 31 heavy (non-hydrogen) atoms. The van der Waals surface area contributed by atoms with Crippen molar-refractivity contribution in [3.63, 3.8) is 0 Å². The Kier molecular flexibility index (Phi) is 6.60. The molecule has 1 fully saturated rings. The van der Waals surface area contributed by atoms with Crippen LogP contribution in [-0.2, 0) is 23.1 Å². The molecule has 1 aliphatic rings. The summed E-state index contributed by atoms with van der Waals surface area (Å²) in [4.78, 5) is 16.5. The maximum Gasteiger partial charge on any atom is 0.254 e. The topological polar surface area (TPSA) is 70.8 Å². The second kappa shape index (κ2) is 9.38. The number of thiophene rings is 1. The van der Waals surface area contributed by atoms with Crippen LogP contribution in [0, 0.1) is 6.92 Å². The summed E-state index contributed by atoms with van der Waals surface area (Å²) in [5, 5.41) is 1.97. The van der Waals surface area contributed by atoms with Gasteiger partial charge in [0.05, 0.1) is 24.2 Å². The molecule has 0 radical (unpaired) electrons. The van der Waals surface area contributed by atoms with Crippen LogP contribution in [0.15, 0.2) is 63.4 Å². The van der Waals surface area contributed by atoms with Crippen LogP contribution in [0.3, 0.4) is 0 Å². The third-order valence-electron chi connectivity index (χ3n) is 5.53. The van der Waals surface area contributed by atoms with Crippen molar-refractivity contribution >= 4 is 27.3 Å². The normalized spacial score (nSPS) is 15.1. The molecule has 164 valence electrons. The van der Waals surface area contributed by atoms with Crippen LogP contribution >= 0.6 is 11.3 Å². The van der Waals surface area contributed by atoms with Gasteiger partial charge in [0.1, 0.15) is 5.76 Å². The number of nitrogens with zero attached hydrogens (tertiary/aromatic N) is 2. The minimum atomic E-state index is -3.61. The van der Waals surface area contributed by atoms with Crippen LogP contribution < -0.4 is 0 Å². The zero-order chi connectivity index (χ0) is 21.8. The van der Waals surface area contributed by atoms with Crippen molar-refractivity contribution in [2.45, 2.75) is 44.2 Å². The number of hydrogen-bond donors (Lipinski definition) is 0. The van der Waals surface area contributed by atoms with E-state index in [2.05, 4.69) is 0 Å². The zero-order valence-corrected chi connectivity index (χ0v) is 19.1.